The molecule has 0 N–H and O–H groups in total. The van der Waals surface area contributed by atoms with Crippen LogP contribution < -0.4 is 4.31 Å². The first-order valence-electron chi connectivity index (χ1n) is 9.98. The molecule has 32 heavy (non-hydrogen) atoms. The number of amides is 1. The fourth-order valence-corrected chi connectivity index (χ4v) is 5.98. The van der Waals surface area contributed by atoms with E-state index in [2.05, 4.69) is 0 Å². The molecule has 3 rings (SSSR count). The fraction of sp³-hybridized carbons (Fsp3) is 0.381. The summed E-state index contributed by atoms with van der Waals surface area (Å²) >= 11 is 6.03. The van der Waals surface area contributed by atoms with Crippen molar-refractivity contribution < 1.29 is 21.6 Å². The molecule has 0 unspecified atom stereocenters. The molecule has 0 bridgehead atoms. The molecule has 1 saturated heterocycles. The Morgan fingerprint density at radius 1 is 0.969 bits per heavy atom. The van der Waals surface area contributed by atoms with E-state index in [9.17, 15) is 21.6 Å². The Hall–Kier alpha value is -2.14. The molecule has 2 aromatic carbocycles. The Morgan fingerprint density at radius 2 is 1.56 bits per heavy atom. The quantitative estimate of drug-likeness (QED) is 0.607. The van der Waals surface area contributed by atoms with Crippen molar-refractivity contribution in [2.24, 2.45) is 0 Å². The molecule has 0 atom stereocenters. The molecule has 1 aliphatic heterocycles. The van der Waals surface area contributed by atoms with Crippen molar-refractivity contribution in [1.29, 1.82) is 0 Å². The number of hydrogen-bond acceptors (Lipinski definition) is 5. The van der Waals surface area contributed by atoms with E-state index in [1.807, 2.05) is 6.92 Å². The summed E-state index contributed by atoms with van der Waals surface area (Å²) in [6, 6.07) is 11.5. The summed E-state index contributed by atoms with van der Waals surface area (Å²) in [5.74, 6) is -0.401. The zero-order valence-corrected chi connectivity index (χ0v) is 20.5. The van der Waals surface area contributed by atoms with Gasteiger partial charge in [-0.2, -0.15) is 4.31 Å². The smallest absolute Gasteiger partial charge is 0.243 e. The predicted octanol–water partition coefficient (Wildman–Crippen LogP) is 2.26. The minimum atomic E-state index is -3.74. The first kappa shape index (κ1) is 24.5. The predicted molar refractivity (Wildman–Crippen MR) is 125 cm³/mol. The van der Waals surface area contributed by atoms with Crippen LogP contribution in [-0.2, 0) is 24.8 Å². The third-order valence-corrected chi connectivity index (χ3v) is 8.64. The lowest BCUT2D eigenvalue weighted by Gasteiger charge is -2.35. The summed E-state index contributed by atoms with van der Waals surface area (Å²) in [4.78, 5) is 14.6. The number of sulfonamides is 2. The molecule has 1 heterocycles. The lowest BCUT2D eigenvalue weighted by molar-refractivity contribution is -0.130. The molecule has 0 spiro atoms. The van der Waals surface area contributed by atoms with Crippen molar-refractivity contribution in [2.75, 3.05) is 43.3 Å². The van der Waals surface area contributed by atoms with Gasteiger partial charge in [-0.3, -0.25) is 9.10 Å². The van der Waals surface area contributed by atoms with Gasteiger partial charge in [0.25, 0.3) is 0 Å². The van der Waals surface area contributed by atoms with E-state index in [-0.39, 0.29) is 37.6 Å². The second-order valence-electron chi connectivity index (χ2n) is 7.80. The van der Waals surface area contributed by atoms with Gasteiger partial charge in [0, 0.05) is 31.2 Å². The molecule has 0 aromatic heterocycles. The summed E-state index contributed by atoms with van der Waals surface area (Å²) in [6.45, 7) is 3.86. The van der Waals surface area contributed by atoms with Gasteiger partial charge in [-0.05, 0) is 43.7 Å². The van der Waals surface area contributed by atoms with E-state index in [1.54, 1.807) is 43.3 Å². The van der Waals surface area contributed by atoms with E-state index in [1.165, 1.54) is 15.3 Å². The van der Waals surface area contributed by atoms with Crippen LogP contribution in [0.15, 0.2) is 47.4 Å². The number of carbonyl (C=O) groups is 1. The number of hydrogen-bond donors (Lipinski definition) is 0. The standard InChI is InChI=1S/C21H26ClN3O5S2/c1-16-4-8-19(9-5-16)32(29,30)24-12-10-23(11-13-24)21(26)15-25(31(3,27)28)20-14-18(22)7-6-17(20)2/h4-9,14H,10-13,15H2,1-3H3. The molecule has 11 heteroatoms. The van der Waals surface area contributed by atoms with E-state index in [4.69, 9.17) is 11.6 Å². The van der Waals surface area contributed by atoms with Crippen molar-refractivity contribution in [3.8, 4) is 0 Å². The van der Waals surface area contributed by atoms with Crippen LogP contribution in [0, 0.1) is 13.8 Å². The monoisotopic (exact) mass is 499 g/mol. The maximum Gasteiger partial charge on any atom is 0.243 e. The lowest BCUT2D eigenvalue weighted by Crippen LogP contribution is -2.53. The Balaban J connectivity index is 1.71. The van der Waals surface area contributed by atoms with Crippen molar-refractivity contribution in [3.05, 3.63) is 58.6 Å². The molecule has 0 saturated carbocycles. The van der Waals surface area contributed by atoms with Gasteiger partial charge in [-0.25, -0.2) is 16.8 Å². The number of carbonyl (C=O) groups excluding carboxylic acids is 1. The number of anilines is 1. The third kappa shape index (κ3) is 5.43. The van der Waals surface area contributed by atoms with Gasteiger partial charge in [0.2, 0.25) is 26.0 Å². The Morgan fingerprint density at radius 3 is 2.12 bits per heavy atom. The van der Waals surface area contributed by atoms with Crippen LogP contribution in [0.25, 0.3) is 0 Å². The number of piperazine rings is 1. The molecule has 174 valence electrons. The molecule has 8 nitrogen and oxygen atoms in total. The van der Waals surface area contributed by atoms with Crippen LogP contribution in [0.3, 0.4) is 0 Å². The van der Waals surface area contributed by atoms with Gasteiger partial charge >= 0.3 is 0 Å². The zero-order chi connectivity index (χ0) is 23.7. The van der Waals surface area contributed by atoms with Gasteiger partial charge in [0.15, 0.2) is 0 Å². The van der Waals surface area contributed by atoms with E-state index in [0.29, 0.717) is 16.3 Å². The highest BCUT2D eigenvalue weighted by atomic mass is 35.5. The van der Waals surface area contributed by atoms with E-state index < -0.39 is 26.0 Å². The van der Waals surface area contributed by atoms with Crippen LogP contribution in [0.5, 0.6) is 0 Å². The molecule has 2 aromatic rings. The molecular weight excluding hydrogens is 474 g/mol. The van der Waals surface area contributed by atoms with Crippen molar-refractivity contribution in [3.63, 3.8) is 0 Å². The first-order valence-corrected chi connectivity index (χ1v) is 13.6. The second-order valence-corrected chi connectivity index (χ2v) is 12.1. The third-order valence-electron chi connectivity index (χ3n) is 5.37. The van der Waals surface area contributed by atoms with Crippen molar-refractivity contribution in [1.82, 2.24) is 9.21 Å². The second kappa shape index (κ2) is 9.38. The molecule has 0 aliphatic carbocycles. The van der Waals surface area contributed by atoms with E-state index in [0.717, 1.165) is 16.1 Å². The SMILES string of the molecule is Cc1ccc(S(=O)(=O)N2CCN(C(=O)CN(c3cc(Cl)ccc3C)S(C)(=O)=O)CC2)cc1. The zero-order valence-electron chi connectivity index (χ0n) is 18.2. The highest BCUT2D eigenvalue weighted by Gasteiger charge is 2.32. The molecule has 1 fully saturated rings. The highest BCUT2D eigenvalue weighted by molar-refractivity contribution is 7.92. The minimum Gasteiger partial charge on any atom is -0.338 e. The normalized spacial score (nSPS) is 15.6. The summed E-state index contributed by atoms with van der Waals surface area (Å²) in [6.07, 6.45) is 1.03. The van der Waals surface area contributed by atoms with Crippen LogP contribution in [0.2, 0.25) is 5.02 Å². The largest absolute Gasteiger partial charge is 0.338 e. The summed E-state index contributed by atoms with van der Waals surface area (Å²) in [5, 5.41) is 0.363. The van der Waals surface area contributed by atoms with Crippen LogP contribution >= 0.6 is 11.6 Å². The van der Waals surface area contributed by atoms with Crippen molar-refractivity contribution in [2.45, 2.75) is 18.7 Å². The highest BCUT2D eigenvalue weighted by Crippen LogP contribution is 2.26. The van der Waals surface area contributed by atoms with Crippen LogP contribution in [0.4, 0.5) is 5.69 Å². The van der Waals surface area contributed by atoms with Crippen LogP contribution in [-0.4, -0.2) is 70.9 Å². The number of halogens is 1. The molecule has 1 amide bonds. The van der Waals surface area contributed by atoms with E-state index >= 15 is 0 Å². The number of rotatable bonds is 6. The van der Waals surface area contributed by atoms with Crippen molar-refractivity contribution >= 4 is 43.2 Å². The van der Waals surface area contributed by atoms with Gasteiger partial charge in [-0.15, -0.1) is 0 Å². The fourth-order valence-electron chi connectivity index (χ4n) is 3.49. The summed E-state index contributed by atoms with van der Waals surface area (Å²) in [7, 11) is -7.40. The Kier molecular flexibility index (Phi) is 7.18. The van der Waals surface area contributed by atoms with Gasteiger partial charge in [-0.1, -0.05) is 35.4 Å². The van der Waals surface area contributed by atoms with Crippen LogP contribution in [0.1, 0.15) is 11.1 Å². The number of nitrogens with zero attached hydrogens (tertiary/aromatic N) is 3. The van der Waals surface area contributed by atoms with Gasteiger partial charge < -0.3 is 4.90 Å². The summed E-state index contributed by atoms with van der Waals surface area (Å²) < 4.78 is 52.9. The lowest BCUT2D eigenvalue weighted by atomic mass is 10.2. The summed E-state index contributed by atoms with van der Waals surface area (Å²) in [5.41, 5.74) is 1.97. The topological polar surface area (TPSA) is 95.1 Å². The Bertz CT molecular complexity index is 1210. The van der Waals surface area contributed by atoms with Gasteiger partial charge in [0.1, 0.15) is 6.54 Å². The molecule has 1 aliphatic rings. The number of aryl methyl sites for hydroxylation is 2. The maximum atomic E-state index is 12.9. The Labute approximate surface area is 194 Å². The molecular formula is C21H26ClN3O5S2. The molecule has 0 radical (unpaired) electrons. The first-order chi connectivity index (χ1) is 14.9. The average molecular weight is 500 g/mol. The average Bonchev–Trinajstić information content (AvgIpc) is 2.73. The number of benzene rings is 2. The maximum absolute atomic E-state index is 12.9. The minimum absolute atomic E-state index is 0.136. The van der Waals surface area contributed by atoms with Gasteiger partial charge in [0.05, 0.1) is 16.8 Å².